The number of aryl methyl sites for hydroxylation is 1. The van der Waals surface area contributed by atoms with Crippen LogP contribution in [-0.4, -0.2) is 43.2 Å². The molecule has 4 rings (SSSR count). The third-order valence-electron chi connectivity index (χ3n) is 4.85. The van der Waals surface area contributed by atoms with Gasteiger partial charge in [-0.25, -0.2) is 0 Å². The summed E-state index contributed by atoms with van der Waals surface area (Å²) in [6, 6.07) is 16.9. The zero-order valence-corrected chi connectivity index (χ0v) is 16.7. The average Bonchev–Trinajstić information content (AvgIpc) is 3.21. The summed E-state index contributed by atoms with van der Waals surface area (Å²) in [6.45, 7) is 2.31. The number of ether oxygens (including phenoxy) is 1. The van der Waals surface area contributed by atoms with Crippen LogP contribution in [-0.2, 0) is 9.59 Å². The van der Waals surface area contributed by atoms with Gasteiger partial charge in [-0.3, -0.25) is 14.9 Å². The number of carbonyl (C=O) groups excluding carboxylic acids is 2. The number of carbonyl (C=O) groups is 2. The molecule has 0 bridgehead atoms. The first-order valence-corrected chi connectivity index (χ1v) is 9.59. The van der Waals surface area contributed by atoms with Crippen LogP contribution in [0.3, 0.4) is 0 Å². The molecule has 0 spiro atoms. The lowest BCUT2D eigenvalue weighted by molar-refractivity contribution is -0.127. The Kier molecular flexibility index (Phi) is 5.38. The van der Waals surface area contributed by atoms with Crippen molar-refractivity contribution < 1.29 is 18.8 Å². The first-order chi connectivity index (χ1) is 14.5. The molecule has 1 aromatic heterocycles. The number of likely N-dealkylation sites (N-methyl/N-ethyl adjacent to an activating group) is 1. The van der Waals surface area contributed by atoms with Gasteiger partial charge in [-0.05, 0) is 19.1 Å². The summed E-state index contributed by atoms with van der Waals surface area (Å²) < 4.78 is 11.0. The molecule has 2 amide bonds. The molecule has 154 valence electrons. The predicted molar refractivity (Wildman–Crippen MR) is 112 cm³/mol. The van der Waals surface area contributed by atoms with Crippen LogP contribution in [0.25, 0.3) is 11.3 Å². The molecule has 2 N–H and O–H groups in total. The highest BCUT2D eigenvalue weighted by atomic mass is 16.5. The molecule has 1 atom stereocenters. The van der Waals surface area contributed by atoms with Gasteiger partial charge in [-0.2, -0.15) is 0 Å². The fourth-order valence-electron chi connectivity index (χ4n) is 3.30. The molecule has 1 aliphatic rings. The Hall–Kier alpha value is -3.81. The highest BCUT2D eigenvalue weighted by Gasteiger charge is 2.31. The Balaban J connectivity index is 1.46. The van der Waals surface area contributed by atoms with E-state index in [4.69, 9.17) is 9.26 Å². The van der Waals surface area contributed by atoms with Gasteiger partial charge in [0.05, 0.1) is 18.8 Å². The highest BCUT2D eigenvalue weighted by molar-refractivity contribution is 5.94. The number of rotatable bonds is 5. The minimum Gasteiger partial charge on any atom is -0.477 e. The molecular formula is C22H22N4O4. The van der Waals surface area contributed by atoms with Gasteiger partial charge in [0, 0.05) is 18.7 Å². The second-order valence-electron chi connectivity index (χ2n) is 7.06. The van der Waals surface area contributed by atoms with Crippen LogP contribution in [0.4, 0.5) is 11.6 Å². The van der Waals surface area contributed by atoms with Gasteiger partial charge in [0.25, 0.3) is 5.91 Å². The van der Waals surface area contributed by atoms with Crippen LogP contribution in [0.2, 0.25) is 0 Å². The lowest BCUT2D eigenvalue weighted by Crippen LogP contribution is -2.50. The third-order valence-corrected chi connectivity index (χ3v) is 4.85. The first kappa shape index (κ1) is 19.5. The Morgan fingerprint density at radius 2 is 1.93 bits per heavy atom. The summed E-state index contributed by atoms with van der Waals surface area (Å²) >= 11 is 0. The van der Waals surface area contributed by atoms with E-state index in [0.717, 1.165) is 16.8 Å². The summed E-state index contributed by atoms with van der Waals surface area (Å²) in [5.41, 5.74) is 3.45. The number of anilines is 2. The number of fused-ring (bicyclic) bond motifs is 1. The maximum Gasteiger partial charge on any atom is 0.262 e. The van der Waals surface area contributed by atoms with Crippen LogP contribution in [0.15, 0.2) is 59.1 Å². The van der Waals surface area contributed by atoms with E-state index >= 15 is 0 Å². The van der Waals surface area contributed by atoms with Gasteiger partial charge >= 0.3 is 0 Å². The third kappa shape index (κ3) is 4.12. The van der Waals surface area contributed by atoms with Gasteiger partial charge in [0.15, 0.2) is 6.10 Å². The summed E-state index contributed by atoms with van der Waals surface area (Å²) in [6.07, 6.45) is -0.698. The van der Waals surface area contributed by atoms with E-state index in [1.165, 1.54) is 0 Å². The molecule has 2 aromatic carbocycles. The van der Waals surface area contributed by atoms with E-state index in [9.17, 15) is 9.59 Å². The SMILES string of the molecule is CNC(=O)[C@H]1CN(CC(=O)Nc2cc(-c3ccc(C)cc3)no2)c2ccccc2O1. The molecule has 8 nitrogen and oxygen atoms in total. The standard InChI is InChI=1S/C22H22N4O4/c1-14-7-9-15(10-8-14)16-11-21(30-25-16)24-20(27)13-26-12-19(22(28)23-2)29-18-6-4-3-5-17(18)26/h3-11,19H,12-13H2,1-2H3,(H,23,28)(H,24,27)/t19-/m1/s1. The Morgan fingerprint density at radius 1 is 1.17 bits per heavy atom. The average molecular weight is 406 g/mol. The lowest BCUT2D eigenvalue weighted by atomic mass is 10.1. The molecule has 0 radical (unpaired) electrons. The molecule has 0 saturated heterocycles. The Bertz CT molecular complexity index is 1060. The number of hydrogen-bond donors (Lipinski definition) is 2. The van der Waals surface area contributed by atoms with E-state index in [-0.39, 0.29) is 30.8 Å². The van der Waals surface area contributed by atoms with Crippen molar-refractivity contribution in [3.05, 3.63) is 60.2 Å². The molecule has 0 aliphatic carbocycles. The van der Waals surface area contributed by atoms with Crippen LogP contribution in [0.1, 0.15) is 5.56 Å². The topological polar surface area (TPSA) is 96.7 Å². The van der Waals surface area contributed by atoms with Crippen molar-refractivity contribution >= 4 is 23.4 Å². The quantitative estimate of drug-likeness (QED) is 0.676. The molecule has 2 heterocycles. The van der Waals surface area contributed by atoms with E-state index < -0.39 is 6.10 Å². The summed E-state index contributed by atoms with van der Waals surface area (Å²) in [5.74, 6) is 0.299. The van der Waals surface area contributed by atoms with Crippen molar-refractivity contribution in [1.82, 2.24) is 10.5 Å². The normalized spacial score (nSPS) is 15.1. The second kappa shape index (κ2) is 8.28. The molecule has 0 fully saturated rings. The second-order valence-corrected chi connectivity index (χ2v) is 7.06. The highest BCUT2D eigenvalue weighted by Crippen LogP contribution is 2.33. The molecule has 0 unspecified atom stereocenters. The predicted octanol–water partition coefficient (Wildman–Crippen LogP) is 2.60. The number of nitrogens with one attached hydrogen (secondary N) is 2. The van der Waals surface area contributed by atoms with E-state index in [2.05, 4.69) is 15.8 Å². The van der Waals surface area contributed by atoms with E-state index in [1.54, 1.807) is 19.2 Å². The smallest absolute Gasteiger partial charge is 0.262 e. The summed E-state index contributed by atoms with van der Waals surface area (Å²) in [5, 5.41) is 9.34. The molecule has 1 aliphatic heterocycles. The number of para-hydroxylation sites is 2. The first-order valence-electron chi connectivity index (χ1n) is 9.59. The van der Waals surface area contributed by atoms with Crippen molar-refractivity contribution in [3.8, 4) is 17.0 Å². The zero-order valence-electron chi connectivity index (χ0n) is 16.7. The fourth-order valence-corrected chi connectivity index (χ4v) is 3.30. The van der Waals surface area contributed by atoms with Crippen molar-refractivity contribution in [2.75, 3.05) is 30.4 Å². The summed E-state index contributed by atoms with van der Waals surface area (Å²) in [7, 11) is 1.55. The van der Waals surface area contributed by atoms with Crippen LogP contribution in [0, 0.1) is 6.92 Å². The number of aromatic nitrogens is 1. The number of hydrogen-bond acceptors (Lipinski definition) is 6. The van der Waals surface area contributed by atoms with Crippen molar-refractivity contribution in [2.45, 2.75) is 13.0 Å². The molecule has 8 heteroatoms. The fraction of sp³-hybridized carbons (Fsp3) is 0.227. The van der Waals surface area contributed by atoms with Crippen molar-refractivity contribution in [1.29, 1.82) is 0 Å². The van der Waals surface area contributed by atoms with Gasteiger partial charge in [0.1, 0.15) is 11.4 Å². The summed E-state index contributed by atoms with van der Waals surface area (Å²) in [4.78, 5) is 26.5. The monoisotopic (exact) mass is 406 g/mol. The lowest BCUT2D eigenvalue weighted by Gasteiger charge is -2.34. The number of benzene rings is 2. The van der Waals surface area contributed by atoms with Crippen LogP contribution < -0.4 is 20.3 Å². The zero-order chi connectivity index (χ0) is 21.1. The maximum atomic E-state index is 12.6. The maximum absolute atomic E-state index is 12.6. The Morgan fingerprint density at radius 3 is 2.70 bits per heavy atom. The molecule has 30 heavy (non-hydrogen) atoms. The van der Waals surface area contributed by atoms with Crippen molar-refractivity contribution in [2.24, 2.45) is 0 Å². The number of amides is 2. The van der Waals surface area contributed by atoms with Gasteiger partial charge in [-0.1, -0.05) is 47.1 Å². The number of nitrogens with zero attached hydrogens (tertiary/aromatic N) is 2. The van der Waals surface area contributed by atoms with Crippen LogP contribution in [0.5, 0.6) is 5.75 Å². The molecular weight excluding hydrogens is 384 g/mol. The van der Waals surface area contributed by atoms with Crippen molar-refractivity contribution in [3.63, 3.8) is 0 Å². The minimum atomic E-state index is -0.698. The Labute approximate surface area is 173 Å². The van der Waals surface area contributed by atoms with Gasteiger partial charge in [0.2, 0.25) is 11.8 Å². The molecule has 0 saturated carbocycles. The van der Waals surface area contributed by atoms with E-state index in [1.807, 2.05) is 54.3 Å². The van der Waals surface area contributed by atoms with Gasteiger partial charge < -0.3 is 19.5 Å². The molecule has 3 aromatic rings. The largest absolute Gasteiger partial charge is 0.477 e. The van der Waals surface area contributed by atoms with E-state index in [0.29, 0.717) is 11.4 Å². The van der Waals surface area contributed by atoms with Gasteiger partial charge in [-0.15, -0.1) is 0 Å². The van der Waals surface area contributed by atoms with Crippen LogP contribution >= 0.6 is 0 Å². The minimum absolute atomic E-state index is 0.0361.